The minimum atomic E-state index is -1.08. The first-order valence-corrected chi connectivity index (χ1v) is 9.09. The van der Waals surface area contributed by atoms with Crippen molar-refractivity contribution in [3.63, 3.8) is 0 Å². The molecule has 1 saturated heterocycles. The topological polar surface area (TPSA) is 118 Å². The number of nitriles is 1. The Labute approximate surface area is 164 Å². The molecule has 0 aliphatic carbocycles. The van der Waals surface area contributed by atoms with E-state index in [0.717, 1.165) is 6.07 Å². The van der Waals surface area contributed by atoms with Crippen molar-refractivity contribution < 1.29 is 18.3 Å². The molecule has 0 radical (unpaired) electrons. The van der Waals surface area contributed by atoms with Crippen molar-refractivity contribution in [3.8, 4) is 6.07 Å². The van der Waals surface area contributed by atoms with Gasteiger partial charge in [-0.25, -0.2) is 14.1 Å². The molecule has 1 aromatic heterocycles. The van der Waals surface area contributed by atoms with Crippen molar-refractivity contribution in [3.05, 3.63) is 50.2 Å². The summed E-state index contributed by atoms with van der Waals surface area (Å²) in [5.41, 5.74) is -0.151. The Bertz CT molecular complexity index is 1090. The number of carbonyl (C=O) groups excluding carboxylic acids is 1. The van der Waals surface area contributed by atoms with Gasteiger partial charge in [-0.3, -0.25) is 9.59 Å². The Balaban J connectivity index is 1.74. The number of hydrogen-bond acceptors (Lipinski definition) is 5. The molecule has 10 heteroatoms. The lowest BCUT2D eigenvalue weighted by Crippen LogP contribution is -2.56. The normalized spacial score (nSPS) is 21.8. The maximum absolute atomic E-state index is 14.2. The zero-order valence-corrected chi connectivity index (χ0v) is 15.9. The van der Waals surface area contributed by atoms with E-state index in [9.17, 15) is 23.3 Å². The van der Waals surface area contributed by atoms with Crippen molar-refractivity contribution in [1.82, 2.24) is 15.6 Å². The summed E-state index contributed by atoms with van der Waals surface area (Å²) in [5, 5.41) is 14.3. The first-order chi connectivity index (χ1) is 13.7. The molecule has 0 saturated carbocycles. The minimum Gasteiger partial charge on any atom is -0.355 e. The molecule has 3 rings (SSSR count). The highest BCUT2D eigenvalue weighted by Gasteiger charge is 2.41. The molecule has 3 unspecified atom stereocenters. The molecule has 3 atom stereocenters. The molecule has 1 amide bonds. The molecule has 0 bridgehead atoms. The van der Waals surface area contributed by atoms with Gasteiger partial charge in [0.05, 0.1) is 17.9 Å². The van der Waals surface area contributed by atoms with Crippen LogP contribution in [0.3, 0.4) is 0 Å². The Kier molecular flexibility index (Phi) is 5.70. The Morgan fingerprint density at radius 1 is 1.41 bits per heavy atom. The monoisotopic (exact) mass is 404 g/mol. The van der Waals surface area contributed by atoms with Gasteiger partial charge in [0.1, 0.15) is 0 Å². The van der Waals surface area contributed by atoms with Crippen molar-refractivity contribution >= 4 is 16.8 Å². The van der Waals surface area contributed by atoms with E-state index in [4.69, 9.17) is 5.26 Å². The number of H-pyrrole nitrogens is 1. The zero-order chi connectivity index (χ0) is 21.3. The number of aromatic amines is 1. The molecular formula is C19H20F2N5O3+. The van der Waals surface area contributed by atoms with Crippen molar-refractivity contribution in [2.45, 2.75) is 32.5 Å². The van der Waals surface area contributed by atoms with Gasteiger partial charge in [-0.1, -0.05) is 0 Å². The molecule has 3 N–H and O–H groups in total. The van der Waals surface area contributed by atoms with Gasteiger partial charge in [-0.2, -0.15) is 5.26 Å². The largest absolute Gasteiger partial charge is 0.355 e. The summed E-state index contributed by atoms with van der Waals surface area (Å²) in [6.45, 7) is 3.67. The standard InChI is InChI=1S/C19H19F2N5O3/c1-9-12(19(28)25-14-4-3-13(20)18(21)17(9)14)5-16(27)24-8-11-7-23-15(6-22)26(29)10(11)2/h3-4,10-11,15,23H,5,7-8H2,1-2H3,(H-,24,25,27,28)/p+1. The fourth-order valence-corrected chi connectivity index (χ4v) is 3.53. The highest BCUT2D eigenvalue weighted by Crippen LogP contribution is 2.23. The first-order valence-electron chi connectivity index (χ1n) is 9.09. The number of halogens is 2. The van der Waals surface area contributed by atoms with Crippen LogP contribution in [0.25, 0.3) is 10.9 Å². The van der Waals surface area contributed by atoms with Crippen LogP contribution in [0.4, 0.5) is 8.78 Å². The lowest BCUT2D eigenvalue weighted by Gasteiger charge is -2.25. The maximum atomic E-state index is 14.2. The summed E-state index contributed by atoms with van der Waals surface area (Å²) < 4.78 is 28.4. The van der Waals surface area contributed by atoms with Gasteiger partial charge in [0.2, 0.25) is 11.9 Å². The van der Waals surface area contributed by atoms with E-state index in [1.165, 1.54) is 13.0 Å². The minimum absolute atomic E-state index is 0.0457. The van der Waals surface area contributed by atoms with Crippen LogP contribution in [0.5, 0.6) is 0 Å². The van der Waals surface area contributed by atoms with Crippen LogP contribution in [0.15, 0.2) is 16.9 Å². The summed E-state index contributed by atoms with van der Waals surface area (Å²) in [7, 11) is 0. The van der Waals surface area contributed by atoms with Gasteiger partial charge in [-0.05, 0) is 24.6 Å². The van der Waals surface area contributed by atoms with Gasteiger partial charge in [0, 0.05) is 40.6 Å². The summed E-state index contributed by atoms with van der Waals surface area (Å²) in [4.78, 5) is 39.1. The Morgan fingerprint density at radius 3 is 2.83 bits per heavy atom. The predicted octanol–water partition coefficient (Wildman–Crippen LogP) is 1.01. The fourth-order valence-electron chi connectivity index (χ4n) is 3.53. The number of hydrogen-bond donors (Lipinski definition) is 3. The summed E-state index contributed by atoms with van der Waals surface area (Å²) in [6, 6.07) is 3.57. The molecule has 2 aromatic rings. The quantitative estimate of drug-likeness (QED) is 0.658. The number of nitroso groups, excluding NO2 is 1. The summed E-state index contributed by atoms with van der Waals surface area (Å²) >= 11 is 0. The average Bonchev–Trinajstić information content (AvgIpc) is 2.69. The van der Waals surface area contributed by atoms with Crippen LogP contribution < -0.4 is 16.2 Å². The van der Waals surface area contributed by atoms with Gasteiger partial charge in [0.25, 0.3) is 5.56 Å². The number of nitrogens with zero attached hydrogens (tertiary/aromatic N) is 2. The number of nitrogens with one attached hydrogen (secondary N) is 3. The Morgan fingerprint density at radius 2 is 2.14 bits per heavy atom. The highest BCUT2D eigenvalue weighted by atomic mass is 19.2. The van der Waals surface area contributed by atoms with E-state index in [1.807, 2.05) is 6.07 Å². The van der Waals surface area contributed by atoms with Gasteiger partial charge < -0.3 is 10.3 Å². The van der Waals surface area contributed by atoms with Crippen LogP contribution >= 0.6 is 0 Å². The molecule has 29 heavy (non-hydrogen) atoms. The van der Waals surface area contributed by atoms with Crippen LogP contribution in [0.1, 0.15) is 18.1 Å². The molecule has 8 nitrogen and oxygen atoms in total. The van der Waals surface area contributed by atoms with E-state index in [2.05, 4.69) is 15.6 Å². The second-order valence-electron chi connectivity index (χ2n) is 7.12. The van der Waals surface area contributed by atoms with Crippen LogP contribution in [-0.2, 0) is 11.2 Å². The van der Waals surface area contributed by atoms with Crippen molar-refractivity contribution in [1.29, 1.82) is 5.26 Å². The van der Waals surface area contributed by atoms with E-state index in [-0.39, 0.29) is 40.9 Å². The van der Waals surface area contributed by atoms with E-state index in [1.54, 1.807) is 6.92 Å². The third-order valence-corrected chi connectivity index (χ3v) is 5.38. The van der Waals surface area contributed by atoms with Crippen LogP contribution in [-0.4, -0.2) is 40.9 Å². The zero-order valence-electron chi connectivity index (χ0n) is 15.9. The van der Waals surface area contributed by atoms with E-state index >= 15 is 0 Å². The molecule has 1 aliphatic heterocycles. The smallest absolute Gasteiger partial charge is 0.341 e. The van der Waals surface area contributed by atoms with Gasteiger partial charge in [-0.15, -0.1) is 0 Å². The number of aryl methyl sites for hydroxylation is 1. The average molecular weight is 404 g/mol. The Hall–Kier alpha value is -3.19. The number of fused-ring (bicyclic) bond motifs is 1. The molecule has 0 spiro atoms. The molecule has 1 fully saturated rings. The third-order valence-electron chi connectivity index (χ3n) is 5.38. The van der Waals surface area contributed by atoms with Crippen LogP contribution in [0, 0.1) is 40.7 Å². The van der Waals surface area contributed by atoms with Crippen molar-refractivity contribution in [2.75, 3.05) is 13.1 Å². The number of carbonyl (C=O) groups is 1. The number of rotatable bonds is 4. The first kappa shape index (κ1) is 20.5. The van der Waals surface area contributed by atoms with E-state index in [0.29, 0.717) is 11.3 Å². The van der Waals surface area contributed by atoms with Gasteiger partial charge in [0.15, 0.2) is 17.7 Å². The van der Waals surface area contributed by atoms with E-state index < -0.39 is 35.3 Å². The number of pyridine rings is 1. The van der Waals surface area contributed by atoms with Crippen LogP contribution in [0.2, 0.25) is 0 Å². The second kappa shape index (κ2) is 8.05. The van der Waals surface area contributed by atoms with Crippen molar-refractivity contribution in [2.24, 2.45) is 5.92 Å². The SMILES string of the molecule is Cc1c(CC(=O)NCC2CNC(C#N)[N+](=O)C2C)c(=O)[nH]c2ccc(F)c(F)c12. The molecule has 1 aliphatic rings. The second-order valence-corrected chi connectivity index (χ2v) is 7.12. The molecule has 1 aromatic carbocycles. The number of aromatic nitrogens is 1. The summed E-state index contributed by atoms with van der Waals surface area (Å²) in [5.74, 6) is -2.84. The third kappa shape index (κ3) is 3.86. The summed E-state index contributed by atoms with van der Waals surface area (Å²) in [6.07, 6.45) is -1.24. The molecular weight excluding hydrogens is 384 g/mol. The number of benzene rings is 1. The highest BCUT2D eigenvalue weighted by molar-refractivity contribution is 5.86. The fraction of sp³-hybridized carbons (Fsp3) is 0.421. The lowest BCUT2D eigenvalue weighted by atomic mass is 9.97. The van der Waals surface area contributed by atoms with Gasteiger partial charge >= 0.3 is 6.17 Å². The molecule has 152 valence electrons. The maximum Gasteiger partial charge on any atom is 0.341 e. The lowest BCUT2D eigenvalue weighted by molar-refractivity contribution is -0.627. The predicted molar refractivity (Wildman–Crippen MR) is 99.9 cm³/mol. The number of amides is 1. The molecule has 2 heterocycles.